The second-order valence-corrected chi connectivity index (χ2v) is 6.27. The molecule has 0 fully saturated rings. The van der Waals surface area contributed by atoms with E-state index in [0.29, 0.717) is 27.5 Å². The number of nitrogens with zero attached hydrogens (tertiary/aromatic N) is 1. The van der Waals surface area contributed by atoms with E-state index >= 15 is 0 Å². The van der Waals surface area contributed by atoms with Crippen molar-refractivity contribution in [2.45, 2.75) is 13.8 Å². The minimum atomic E-state index is -0.251. The van der Waals surface area contributed by atoms with Crippen LogP contribution in [0.3, 0.4) is 0 Å². The quantitative estimate of drug-likeness (QED) is 0.876. The van der Waals surface area contributed by atoms with Crippen LogP contribution in [0, 0.1) is 5.92 Å². The molecular weight excluding hydrogens is 344 g/mol. The molecule has 0 bridgehead atoms. The third kappa shape index (κ3) is 5.13. The van der Waals surface area contributed by atoms with Gasteiger partial charge in [0.05, 0.1) is 12.1 Å². The Morgan fingerprint density at radius 2 is 2.05 bits per heavy atom. The maximum absolute atomic E-state index is 12.2. The lowest BCUT2D eigenvalue weighted by Gasteiger charge is -2.18. The van der Waals surface area contributed by atoms with Crippen LogP contribution >= 0.6 is 27.5 Å². The second-order valence-electron chi connectivity index (χ2n) is 4.98. The standard InChI is InChI=1S/C14H18BrClN2O2/c1-9(2)7-17-13(19)8-18(3)14(20)11-6-10(16)4-5-12(11)15/h4-6,9H,7-8H2,1-3H3,(H,17,19). The van der Waals surface area contributed by atoms with Gasteiger partial charge in [-0.3, -0.25) is 9.59 Å². The van der Waals surface area contributed by atoms with Gasteiger partial charge in [0, 0.05) is 23.1 Å². The molecule has 1 aromatic rings. The first-order valence-electron chi connectivity index (χ1n) is 6.28. The molecule has 1 N–H and O–H groups in total. The number of rotatable bonds is 5. The van der Waals surface area contributed by atoms with Crippen LogP contribution in [0.1, 0.15) is 24.2 Å². The molecular formula is C14H18BrClN2O2. The Kier molecular flexibility index (Phi) is 6.49. The van der Waals surface area contributed by atoms with E-state index in [-0.39, 0.29) is 18.4 Å². The number of benzene rings is 1. The van der Waals surface area contributed by atoms with Crippen molar-refractivity contribution < 1.29 is 9.59 Å². The van der Waals surface area contributed by atoms with Crippen LogP contribution in [0.2, 0.25) is 5.02 Å². The van der Waals surface area contributed by atoms with E-state index in [0.717, 1.165) is 0 Å². The second kappa shape index (κ2) is 7.64. The molecule has 110 valence electrons. The lowest BCUT2D eigenvalue weighted by molar-refractivity contribution is -0.121. The van der Waals surface area contributed by atoms with Crippen LogP contribution < -0.4 is 5.32 Å². The van der Waals surface area contributed by atoms with Gasteiger partial charge in [0.1, 0.15) is 0 Å². The zero-order valence-electron chi connectivity index (χ0n) is 11.7. The number of carbonyl (C=O) groups is 2. The molecule has 0 aliphatic carbocycles. The first-order valence-corrected chi connectivity index (χ1v) is 7.45. The highest BCUT2D eigenvalue weighted by Gasteiger charge is 2.17. The maximum atomic E-state index is 12.2. The van der Waals surface area contributed by atoms with E-state index < -0.39 is 0 Å². The summed E-state index contributed by atoms with van der Waals surface area (Å²) in [6.07, 6.45) is 0. The predicted octanol–water partition coefficient (Wildman–Crippen LogP) is 2.95. The normalized spacial score (nSPS) is 10.5. The minimum Gasteiger partial charge on any atom is -0.354 e. The van der Waals surface area contributed by atoms with Gasteiger partial charge in [0.2, 0.25) is 5.91 Å². The van der Waals surface area contributed by atoms with Crippen LogP contribution in [0.5, 0.6) is 0 Å². The Balaban J connectivity index is 2.67. The number of nitrogens with one attached hydrogen (secondary N) is 1. The van der Waals surface area contributed by atoms with E-state index in [1.165, 1.54) is 4.90 Å². The van der Waals surface area contributed by atoms with Gasteiger partial charge in [0.25, 0.3) is 5.91 Å². The Bertz CT molecular complexity index is 506. The summed E-state index contributed by atoms with van der Waals surface area (Å²) in [4.78, 5) is 25.3. The lowest BCUT2D eigenvalue weighted by atomic mass is 10.2. The van der Waals surface area contributed by atoms with E-state index in [4.69, 9.17) is 11.6 Å². The smallest absolute Gasteiger partial charge is 0.255 e. The van der Waals surface area contributed by atoms with Gasteiger partial charge < -0.3 is 10.2 Å². The zero-order chi connectivity index (χ0) is 15.3. The molecule has 1 rings (SSSR count). The van der Waals surface area contributed by atoms with Gasteiger partial charge in [0.15, 0.2) is 0 Å². The maximum Gasteiger partial charge on any atom is 0.255 e. The van der Waals surface area contributed by atoms with Crippen molar-refractivity contribution in [1.82, 2.24) is 10.2 Å². The number of likely N-dealkylation sites (N-methyl/N-ethyl adjacent to an activating group) is 1. The summed E-state index contributed by atoms with van der Waals surface area (Å²) in [5, 5.41) is 3.26. The lowest BCUT2D eigenvalue weighted by Crippen LogP contribution is -2.39. The average Bonchev–Trinajstić information content (AvgIpc) is 2.38. The van der Waals surface area contributed by atoms with Crippen molar-refractivity contribution >= 4 is 39.3 Å². The van der Waals surface area contributed by atoms with Gasteiger partial charge in [-0.1, -0.05) is 25.4 Å². The van der Waals surface area contributed by atoms with Gasteiger partial charge in [-0.2, -0.15) is 0 Å². The number of amides is 2. The summed E-state index contributed by atoms with van der Waals surface area (Å²) >= 11 is 9.19. The van der Waals surface area contributed by atoms with Crippen LogP contribution in [0.15, 0.2) is 22.7 Å². The Hall–Kier alpha value is -1.07. The highest BCUT2D eigenvalue weighted by atomic mass is 79.9. The molecule has 0 atom stereocenters. The van der Waals surface area contributed by atoms with Gasteiger partial charge >= 0.3 is 0 Å². The minimum absolute atomic E-state index is 0.0184. The summed E-state index contributed by atoms with van der Waals surface area (Å²) in [6, 6.07) is 4.98. The summed E-state index contributed by atoms with van der Waals surface area (Å²) in [5.74, 6) is -0.0474. The number of halogens is 2. The van der Waals surface area contributed by atoms with E-state index in [2.05, 4.69) is 21.2 Å². The highest BCUT2D eigenvalue weighted by Crippen LogP contribution is 2.22. The van der Waals surface area contributed by atoms with Crippen molar-refractivity contribution in [3.63, 3.8) is 0 Å². The number of hydrogen-bond donors (Lipinski definition) is 1. The molecule has 0 unspecified atom stereocenters. The van der Waals surface area contributed by atoms with Crippen molar-refractivity contribution in [2.75, 3.05) is 20.1 Å². The average molecular weight is 362 g/mol. The Morgan fingerprint density at radius 3 is 2.65 bits per heavy atom. The summed E-state index contributed by atoms with van der Waals surface area (Å²) in [5.41, 5.74) is 0.441. The molecule has 20 heavy (non-hydrogen) atoms. The van der Waals surface area contributed by atoms with Crippen molar-refractivity contribution in [3.05, 3.63) is 33.3 Å². The molecule has 4 nitrogen and oxygen atoms in total. The van der Waals surface area contributed by atoms with Crippen LogP contribution in [0.25, 0.3) is 0 Å². The fourth-order valence-corrected chi connectivity index (χ4v) is 2.12. The molecule has 6 heteroatoms. The first-order chi connectivity index (χ1) is 9.31. The van der Waals surface area contributed by atoms with Crippen LogP contribution in [0.4, 0.5) is 0 Å². The molecule has 0 saturated heterocycles. The number of carbonyl (C=O) groups excluding carboxylic acids is 2. The first kappa shape index (κ1) is 17.0. The van der Waals surface area contributed by atoms with E-state index in [1.807, 2.05) is 13.8 Å². The largest absolute Gasteiger partial charge is 0.354 e. The van der Waals surface area contributed by atoms with Crippen molar-refractivity contribution in [1.29, 1.82) is 0 Å². The highest BCUT2D eigenvalue weighted by molar-refractivity contribution is 9.10. The summed E-state index contributed by atoms with van der Waals surface area (Å²) in [6.45, 7) is 4.64. The van der Waals surface area contributed by atoms with Crippen LogP contribution in [-0.2, 0) is 4.79 Å². The molecule has 0 aliphatic rings. The zero-order valence-corrected chi connectivity index (χ0v) is 14.1. The van der Waals surface area contributed by atoms with Gasteiger partial charge in [-0.25, -0.2) is 0 Å². The topological polar surface area (TPSA) is 49.4 Å². The monoisotopic (exact) mass is 360 g/mol. The molecule has 0 aliphatic heterocycles. The van der Waals surface area contributed by atoms with E-state index in [9.17, 15) is 9.59 Å². The van der Waals surface area contributed by atoms with Gasteiger partial charge in [-0.15, -0.1) is 0 Å². The van der Waals surface area contributed by atoms with Crippen molar-refractivity contribution in [2.24, 2.45) is 5.92 Å². The SMILES string of the molecule is CC(C)CNC(=O)CN(C)C(=O)c1cc(Cl)ccc1Br. The molecule has 0 radical (unpaired) electrons. The van der Waals surface area contributed by atoms with Crippen molar-refractivity contribution in [3.8, 4) is 0 Å². The Labute approximate surface area is 132 Å². The third-order valence-corrected chi connectivity index (χ3v) is 3.52. The molecule has 0 heterocycles. The predicted molar refractivity (Wildman–Crippen MR) is 84.0 cm³/mol. The van der Waals surface area contributed by atoms with Gasteiger partial charge in [-0.05, 0) is 40.0 Å². The molecule has 0 aromatic heterocycles. The molecule has 0 spiro atoms. The third-order valence-electron chi connectivity index (χ3n) is 2.59. The summed E-state index contributed by atoms with van der Waals surface area (Å²) < 4.78 is 0.654. The molecule has 2 amide bonds. The molecule has 1 aromatic carbocycles. The number of hydrogen-bond acceptors (Lipinski definition) is 2. The van der Waals surface area contributed by atoms with Crippen LogP contribution in [-0.4, -0.2) is 36.9 Å². The fourth-order valence-electron chi connectivity index (χ4n) is 1.53. The molecule has 0 saturated carbocycles. The Morgan fingerprint density at radius 1 is 1.40 bits per heavy atom. The summed E-state index contributed by atoms with van der Waals surface area (Å²) in [7, 11) is 1.59. The fraction of sp³-hybridized carbons (Fsp3) is 0.429. The van der Waals surface area contributed by atoms with E-state index in [1.54, 1.807) is 25.2 Å².